The van der Waals surface area contributed by atoms with Gasteiger partial charge in [0.05, 0.1) is 0 Å². The van der Waals surface area contributed by atoms with Crippen LogP contribution in [-0.4, -0.2) is 31.1 Å². The summed E-state index contributed by atoms with van der Waals surface area (Å²) in [5.41, 5.74) is 4.29. The number of nitrogens with zero attached hydrogens (tertiary/aromatic N) is 1. The quantitative estimate of drug-likeness (QED) is 0.862. The summed E-state index contributed by atoms with van der Waals surface area (Å²) in [5, 5.41) is 3.42. The zero-order chi connectivity index (χ0) is 12.3. The molecule has 2 rings (SSSR count). The van der Waals surface area contributed by atoms with Crippen molar-refractivity contribution in [3.8, 4) is 0 Å². The molecule has 1 atom stereocenters. The first-order valence-electron chi connectivity index (χ1n) is 6.74. The minimum absolute atomic E-state index is 0.594. The normalized spacial score (nSPS) is 19.2. The van der Waals surface area contributed by atoms with Gasteiger partial charge in [0, 0.05) is 32.2 Å². The van der Waals surface area contributed by atoms with Gasteiger partial charge in [-0.3, -0.25) is 4.90 Å². The average molecular weight is 232 g/mol. The summed E-state index contributed by atoms with van der Waals surface area (Å²) in [6, 6.07) is 7.52. The summed E-state index contributed by atoms with van der Waals surface area (Å²) in [7, 11) is 0. The summed E-state index contributed by atoms with van der Waals surface area (Å²) in [6.45, 7) is 11.3. The van der Waals surface area contributed by atoms with E-state index in [4.69, 9.17) is 0 Å². The molecule has 0 unspecified atom stereocenters. The first kappa shape index (κ1) is 12.6. The summed E-state index contributed by atoms with van der Waals surface area (Å²) < 4.78 is 0. The van der Waals surface area contributed by atoms with Crippen LogP contribution in [0.15, 0.2) is 18.2 Å². The van der Waals surface area contributed by atoms with Crippen molar-refractivity contribution >= 4 is 0 Å². The maximum atomic E-state index is 3.42. The molecule has 17 heavy (non-hydrogen) atoms. The molecular weight excluding hydrogens is 208 g/mol. The van der Waals surface area contributed by atoms with Crippen LogP contribution < -0.4 is 5.32 Å². The maximum Gasteiger partial charge on any atom is 0.0346 e. The van der Waals surface area contributed by atoms with Crippen LogP contribution >= 0.6 is 0 Å². The van der Waals surface area contributed by atoms with E-state index >= 15 is 0 Å². The van der Waals surface area contributed by atoms with E-state index in [1.165, 1.54) is 36.2 Å². The zero-order valence-electron chi connectivity index (χ0n) is 11.3. The topological polar surface area (TPSA) is 15.3 Å². The first-order valence-corrected chi connectivity index (χ1v) is 6.74. The third kappa shape index (κ3) is 2.88. The molecule has 0 radical (unpaired) electrons. The van der Waals surface area contributed by atoms with E-state index in [0.717, 1.165) is 13.1 Å². The van der Waals surface area contributed by atoms with E-state index in [0.29, 0.717) is 6.04 Å². The molecule has 1 saturated heterocycles. The lowest BCUT2D eigenvalue weighted by atomic mass is 9.98. The predicted octanol–water partition coefficient (Wildman–Crippen LogP) is 2.66. The minimum atomic E-state index is 0.594. The monoisotopic (exact) mass is 232 g/mol. The molecule has 1 heterocycles. The molecule has 0 saturated carbocycles. The molecule has 94 valence electrons. The van der Waals surface area contributed by atoms with E-state index in [-0.39, 0.29) is 0 Å². The van der Waals surface area contributed by atoms with Gasteiger partial charge in [-0.25, -0.2) is 0 Å². The molecule has 1 aromatic carbocycles. The van der Waals surface area contributed by atoms with Crippen LogP contribution in [0.25, 0.3) is 0 Å². The Kier molecular flexibility index (Phi) is 4.19. The standard InChI is InChI=1S/C15H24N2/c1-4-15(17-9-7-16-8-10-17)14-6-5-12(2)13(3)11-14/h5-6,11,15-16H,4,7-10H2,1-3H3/t15-/m0/s1. The maximum absolute atomic E-state index is 3.42. The van der Waals surface area contributed by atoms with E-state index in [1.807, 2.05) is 0 Å². The van der Waals surface area contributed by atoms with Crippen LogP contribution in [0.1, 0.15) is 36.1 Å². The highest BCUT2D eigenvalue weighted by atomic mass is 15.2. The van der Waals surface area contributed by atoms with Crippen LogP contribution in [0.2, 0.25) is 0 Å². The lowest BCUT2D eigenvalue weighted by molar-refractivity contribution is 0.169. The molecule has 1 aliphatic heterocycles. The Labute approximate surface area is 105 Å². The molecule has 0 bridgehead atoms. The van der Waals surface area contributed by atoms with Crippen LogP contribution in [0.3, 0.4) is 0 Å². The molecule has 1 N–H and O–H groups in total. The fourth-order valence-corrected chi connectivity index (χ4v) is 2.67. The molecule has 2 heteroatoms. The average Bonchev–Trinajstić information content (AvgIpc) is 2.36. The van der Waals surface area contributed by atoms with E-state index in [1.54, 1.807) is 0 Å². The largest absolute Gasteiger partial charge is 0.314 e. The first-order chi connectivity index (χ1) is 8.22. The smallest absolute Gasteiger partial charge is 0.0346 e. The minimum Gasteiger partial charge on any atom is -0.314 e. The Balaban J connectivity index is 2.18. The van der Waals surface area contributed by atoms with Gasteiger partial charge >= 0.3 is 0 Å². The van der Waals surface area contributed by atoms with Gasteiger partial charge in [0.1, 0.15) is 0 Å². The second-order valence-corrected chi connectivity index (χ2v) is 5.05. The van der Waals surface area contributed by atoms with Gasteiger partial charge in [0.2, 0.25) is 0 Å². The Bertz CT molecular complexity index is 367. The molecule has 1 aromatic rings. The van der Waals surface area contributed by atoms with E-state index in [2.05, 4.69) is 49.2 Å². The zero-order valence-corrected chi connectivity index (χ0v) is 11.3. The Morgan fingerprint density at radius 3 is 2.47 bits per heavy atom. The highest BCUT2D eigenvalue weighted by Gasteiger charge is 2.20. The molecule has 1 aliphatic rings. The summed E-state index contributed by atoms with van der Waals surface area (Å²) in [4.78, 5) is 2.61. The highest BCUT2D eigenvalue weighted by Crippen LogP contribution is 2.26. The van der Waals surface area contributed by atoms with Crippen LogP contribution in [0, 0.1) is 13.8 Å². The molecular formula is C15H24N2. The molecule has 0 aromatic heterocycles. The molecule has 1 fully saturated rings. The number of benzene rings is 1. The van der Waals surface area contributed by atoms with Gasteiger partial charge in [0.25, 0.3) is 0 Å². The molecule has 2 nitrogen and oxygen atoms in total. The van der Waals surface area contributed by atoms with Crippen molar-refractivity contribution in [2.75, 3.05) is 26.2 Å². The SMILES string of the molecule is CC[C@@H](c1ccc(C)c(C)c1)N1CCNCC1. The predicted molar refractivity (Wildman–Crippen MR) is 73.4 cm³/mol. The van der Waals surface area contributed by atoms with Crippen LogP contribution in [0.5, 0.6) is 0 Å². The number of hydrogen-bond acceptors (Lipinski definition) is 2. The van der Waals surface area contributed by atoms with E-state index < -0.39 is 0 Å². The Hall–Kier alpha value is -0.860. The van der Waals surface area contributed by atoms with E-state index in [9.17, 15) is 0 Å². The van der Waals surface area contributed by atoms with Crippen molar-refractivity contribution in [2.24, 2.45) is 0 Å². The number of piperazine rings is 1. The number of hydrogen-bond donors (Lipinski definition) is 1. The van der Waals surface area contributed by atoms with Crippen molar-refractivity contribution < 1.29 is 0 Å². The fourth-order valence-electron chi connectivity index (χ4n) is 2.67. The summed E-state index contributed by atoms with van der Waals surface area (Å²) >= 11 is 0. The van der Waals surface area contributed by atoms with Crippen molar-refractivity contribution in [2.45, 2.75) is 33.2 Å². The second-order valence-electron chi connectivity index (χ2n) is 5.05. The second kappa shape index (κ2) is 5.65. The van der Waals surface area contributed by atoms with Gasteiger partial charge in [-0.05, 0) is 37.0 Å². The summed E-state index contributed by atoms with van der Waals surface area (Å²) in [5.74, 6) is 0. The third-order valence-electron chi connectivity index (χ3n) is 3.89. The number of nitrogens with one attached hydrogen (secondary N) is 1. The van der Waals surface area contributed by atoms with Gasteiger partial charge in [-0.1, -0.05) is 25.1 Å². The van der Waals surface area contributed by atoms with Crippen molar-refractivity contribution in [3.63, 3.8) is 0 Å². The van der Waals surface area contributed by atoms with Crippen LogP contribution in [-0.2, 0) is 0 Å². The molecule has 0 spiro atoms. The van der Waals surface area contributed by atoms with Crippen molar-refractivity contribution in [3.05, 3.63) is 34.9 Å². The summed E-state index contributed by atoms with van der Waals surface area (Å²) in [6.07, 6.45) is 1.20. The number of aryl methyl sites for hydroxylation is 2. The van der Waals surface area contributed by atoms with Gasteiger partial charge in [0.15, 0.2) is 0 Å². The third-order valence-corrected chi connectivity index (χ3v) is 3.89. The fraction of sp³-hybridized carbons (Fsp3) is 0.600. The molecule has 0 aliphatic carbocycles. The van der Waals surface area contributed by atoms with Gasteiger partial charge in [-0.2, -0.15) is 0 Å². The van der Waals surface area contributed by atoms with Gasteiger partial charge < -0.3 is 5.32 Å². The Morgan fingerprint density at radius 1 is 1.18 bits per heavy atom. The van der Waals surface area contributed by atoms with Gasteiger partial charge in [-0.15, -0.1) is 0 Å². The Morgan fingerprint density at radius 2 is 1.88 bits per heavy atom. The van der Waals surface area contributed by atoms with Crippen LogP contribution in [0.4, 0.5) is 0 Å². The van der Waals surface area contributed by atoms with Crippen molar-refractivity contribution in [1.29, 1.82) is 0 Å². The van der Waals surface area contributed by atoms with Crippen molar-refractivity contribution in [1.82, 2.24) is 10.2 Å². The number of rotatable bonds is 3. The molecule has 0 amide bonds. The lowest BCUT2D eigenvalue weighted by Crippen LogP contribution is -2.45. The lowest BCUT2D eigenvalue weighted by Gasteiger charge is -2.35. The highest BCUT2D eigenvalue weighted by molar-refractivity contribution is 5.31.